The topological polar surface area (TPSA) is 69.6 Å². The van der Waals surface area contributed by atoms with Gasteiger partial charge in [0, 0.05) is 18.7 Å². The molecule has 1 aromatic rings. The third kappa shape index (κ3) is 4.37. The molecule has 0 aliphatic heterocycles. The lowest BCUT2D eigenvalue weighted by Gasteiger charge is -2.19. The fourth-order valence-corrected chi connectivity index (χ4v) is 2.42. The van der Waals surface area contributed by atoms with E-state index in [9.17, 15) is 9.59 Å². The van der Waals surface area contributed by atoms with Crippen LogP contribution in [0.1, 0.15) is 29.1 Å². The van der Waals surface area contributed by atoms with Crippen molar-refractivity contribution in [2.45, 2.75) is 13.8 Å². The number of likely N-dealkylation sites (N-methyl/N-ethyl adjacent to an activating group) is 2. The molecule has 0 saturated heterocycles. The van der Waals surface area contributed by atoms with Crippen LogP contribution in [0.3, 0.4) is 0 Å². The number of hydrogen-bond acceptors (Lipinski definition) is 4. The number of hydrogen-bond donors (Lipinski definition) is 2. The van der Waals surface area contributed by atoms with Crippen LogP contribution in [-0.2, 0) is 4.79 Å². The second kappa shape index (κ2) is 8.35. The summed E-state index contributed by atoms with van der Waals surface area (Å²) in [4.78, 5) is 25.9. The molecule has 0 spiro atoms. The van der Waals surface area contributed by atoms with Crippen LogP contribution in [0.5, 0.6) is 0 Å². The molecular weight excluding hydrogens is 276 g/mol. The van der Waals surface area contributed by atoms with E-state index < -0.39 is 0 Å². The molecule has 5 nitrogen and oxygen atoms in total. The molecule has 1 rings (SSSR count). The molecule has 0 aliphatic rings. The zero-order valence-corrected chi connectivity index (χ0v) is 12.4. The second-order valence-corrected chi connectivity index (χ2v) is 4.81. The van der Waals surface area contributed by atoms with Gasteiger partial charge in [0.15, 0.2) is 0 Å². The van der Waals surface area contributed by atoms with Gasteiger partial charge >= 0.3 is 0 Å². The van der Waals surface area contributed by atoms with Crippen molar-refractivity contribution in [2.24, 2.45) is 0 Å². The van der Waals surface area contributed by atoms with E-state index >= 15 is 0 Å². The summed E-state index contributed by atoms with van der Waals surface area (Å²) in [6, 6.07) is 1.74. The van der Waals surface area contributed by atoms with E-state index in [1.807, 2.05) is 13.8 Å². The number of thiophene rings is 1. The molecule has 2 amide bonds. The van der Waals surface area contributed by atoms with Crippen LogP contribution in [0, 0.1) is 11.8 Å². The maximum absolute atomic E-state index is 12.4. The molecule has 2 N–H and O–H groups in total. The molecule has 0 radical (unpaired) electrons. The summed E-state index contributed by atoms with van der Waals surface area (Å²) in [5, 5.41) is 13.2. The highest BCUT2D eigenvalue weighted by atomic mass is 32.1. The Kier molecular flexibility index (Phi) is 6.77. The normalized spacial score (nSPS) is 9.55. The minimum atomic E-state index is -0.250. The van der Waals surface area contributed by atoms with Crippen LogP contribution >= 0.6 is 11.3 Å². The third-order valence-electron chi connectivity index (χ3n) is 2.54. The number of carbonyl (C=O) groups excluding carboxylic acids is 2. The van der Waals surface area contributed by atoms with Crippen LogP contribution in [0.4, 0.5) is 0 Å². The molecule has 0 bridgehead atoms. The van der Waals surface area contributed by atoms with E-state index in [1.54, 1.807) is 11.4 Å². The minimum absolute atomic E-state index is 0.0357. The van der Waals surface area contributed by atoms with Gasteiger partial charge in [-0.05, 0) is 25.3 Å². The summed E-state index contributed by atoms with van der Waals surface area (Å²) in [6.45, 7) is 4.42. The molecule has 0 unspecified atom stereocenters. The number of rotatable bonds is 5. The first-order valence-electron chi connectivity index (χ1n) is 6.37. The van der Waals surface area contributed by atoms with E-state index in [1.165, 1.54) is 16.2 Å². The van der Waals surface area contributed by atoms with Gasteiger partial charge in [-0.25, -0.2) is 0 Å². The van der Waals surface area contributed by atoms with Crippen molar-refractivity contribution < 1.29 is 14.7 Å². The van der Waals surface area contributed by atoms with Crippen molar-refractivity contribution in [3.63, 3.8) is 0 Å². The quantitative estimate of drug-likeness (QED) is 0.785. The lowest BCUT2D eigenvalue weighted by molar-refractivity contribution is -0.121. The van der Waals surface area contributed by atoms with Crippen molar-refractivity contribution in [1.29, 1.82) is 0 Å². The Labute approximate surface area is 122 Å². The van der Waals surface area contributed by atoms with Crippen LogP contribution in [0.15, 0.2) is 11.4 Å². The largest absolute Gasteiger partial charge is 0.384 e. The number of carbonyl (C=O) groups is 2. The highest BCUT2D eigenvalue weighted by molar-refractivity contribution is 7.12. The molecule has 20 heavy (non-hydrogen) atoms. The van der Waals surface area contributed by atoms with Gasteiger partial charge in [-0.3, -0.25) is 9.59 Å². The van der Waals surface area contributed by atoms with Gasteiger partial charge in [-0.2, -0.15) is 0 Å². The van der Waals surface area contributed by atoms with Crippen LogP contribution in [0.2, 0.25) is 0 Å². The first-order valence-corrected chi connectivity index (χ1v) is 7.25. The van der Waals surface area contributed by atoms with Gasteiger partial charge in [-0.15, -0.1) is 11.3 Å². The van der Waals surface area contributed by atoms with Gasteiger partial charge in [0.05, 0.1) is 6.54 Å². The van der Waals surface area contributed by atoms with Crippen molar-refractivity contribution >= 4 is 23.2 Å². The number of aliphatic hydroxyl groups excluding tert-OH is 1. The van der Waals surface area contributed by atoms with Gasteiger partial charge in [0.2, 0.25) is 5.91 Å². The molecule has 0 aromatic carbocycles. The molecule has 0 saturated carbocycles. The Morgan fingerprint density at radius 1 is 1.45 bits per heavy atom. The van der Waals surface area contributed by atoms with E-state index in [2.05, 4.69) is 17.2 Å². The molecule has 0 fully saturated rings. The third-order valence-corrected chi connectivity index (χ3v) is 3.44. The fraction of sp³-hybridized carbons (Fsp3) is 0.429. The van der Waals surface area contributed by atoms with Crippen LogP contribution < -0.4 is 5.32 Å². The SMILES string of the molecule is CCNC(=O)CN(CC)C(=O)c1sccc1C#CCO. The van der Waals surface area contributed by atoms with Crippen LogP contribution in [0.25, 0.3) is 0 Å². The van der Waals surface area contributed by atoms with E-state index in [-0.39, 0.29) is 25.0 Å². The number of nitrogens with zero attached hydrogens (tertiary/aromatic N) is 1. The maximum Gasteiger partial charge on any atom is 0.265 e. The predicted molar refractivity (Wildman–Crippen MR) is 78.5 cm³/mol. The minimum Gasteiger partial charge on any atom is -0.384 e. The summed E-state index contributed by atoms with van der Waals surface area (Å²) in [7, 11) is 0. The Morgan fingerprint density at radius 2 is 2.20 bits per heavy atom. The monoisotopic (exact) mass is 294 g/mol. The maximum atomic E-state index is 12.4. The zero-order chi connectivity index (χ0) is 15.0. The molecule has 1 heterocycles. The van der Waals surface area contributed by atoms with Crippen molar-refractivity contribution in [2.75, 3.05) is 26.2 Å². The van der Waals surface area contributed by atoms with Crippen molar-refractivity contribution in [3.8, 4) is 11.8 Å². The lowest BCUT2D eigenvalue weighted by atomic mass is 10.2. The first-order chi connectivity index (χ1) is 9.63. The fourth-order valence-electron chi connectivity index (χ4n) is 1.61. The summed E-state index contributed by atoms with van der Waals surface area (Å²) in [6.07, 6.45) is 0. The summed E-state index contributed by atoms with van der Waals surface area (Å²) in [5.74, 6) is 4.88. The second-order valence-electron chi connectivity index (χ2n) is 3.90. The average Bonchev–Trinajstić information content (AvgIpc) is 2.90. The van der Waals surface area contributed by atoms with Gasteiger partial charge in [-0.1, -0.05) is 11.8 Å². The highest BCUT2D eigenvalue weighted by Gasteiger charge is 2.20. The Balaban J connectivity index is 2.86. The Hall–Kier alpha value is -1.84. The Morgan fingerprint density at radius 3 is 2.80 bits per heavy atom. The van der Waals surface area contributed by atoms with E-state index in [4.69, 9.17) is 5.11 Å². The number of amides is 2. The lowest BCUT2D eigenvalue weighted by Crippen LogP contribution is -2.40. The molecule has 6 heteroatoms. The number of aliphatic hydroxyl groups is 1. The molecule has 0 atom stereocenters. The Bertz CT molecular complexity index is 528. The number of nitrogens with one attached hydrogen (secondary N) is 1. The van der Waals surface area contributed by atoms with Gasteiger partial charge < -0.3 is 15.3 Å². The summed E-state index contributed by atoms with van der Waals surface area (Å²) < 4.78 is 0. The summed E-state index contributed by atoms with van der Waals surface area (Å²) in [5.41, 5.74) is 0.586. The molecular formula is C14H18N2O3S. The zero-order valence-electron chi connectivity index (χ0n) is 11.6. The van der Waals surface area contributed by atoms with Gasteiger partial charge in [0.25, 0.3) is 5.91 Å². The van der Waals surface area contributed by atoms with Crippen molar-refractivity contribution in [1.82, 2.24) is 10.2 Å². The smallest absolute Gasteiger partial charge is 0.265 e. The average molecular weight is 294 g/mol. The van der Waals surface area contributed by atoms with Crippen molar-refractivity contribution in [3.05, 3.63) is 21.9 Å². The molecule has 108 valence electrons. The molecule has 0 aliphatic carbocycles. The first kappa shape index (κ1) is 16.2. The van der Waals surface area contributed by atoms with Crippen LogP contribution in [-0.4, -0.2) is 48.1 Å². The van der Waals surface area contributed by atoms with E-state index in [0.717, 1.165) is 0 Å². The predicted octanol–water partition coefficient (Wildman–Crippen LogP) is 0.690. The standard InChI is InChI=1S/C14H18N2O3S/c1-3-15-12(18)10-16(4-2)14(19)13-11(6-5-8-17)7-9-20-13/h7,9,17H,3-4,8,10H2,1-2H3,(H,15,18). The summed E-state index contributed by atoms with van der Waals surface area (Å²) >= 11 is 1.29. The van der Waals surface area contributed by atoms with E-state index in [0.29, 0.717) is 23.5 Å². The molecule has 1 aromatic heterocycles. The highest BCUT2D eigenvalue weighted by Crippen LogP contribution is 2.18. The van der Waals surface area contributed by atoms with Gasteiger partial charge in [0.1, 0.15) is 11.5 Å².